The Kier molecular flexibility index (Phi) is 7.35. The highest BCUT2D eigenvalue weighted by Crippen LogP contribution is 2.45. The van der Waals surface area contributed by atoms with Crippen molar-refractivity contribution in [1.29, 1.82) is 0 Å². The van der Waals surface area contributed by atoms with Gasteiger partial charge in [-0.3, -0.25) is 0 Å². The number of nitrogens with zero attached hydrogens (tertiary/aromatic N) is 2. The quantitative estimate of drug-likeness (QED) is 0.171. The van der Waals surface area contributed by atoms with Gasteiger partial charge in [-0.05, 0) is 99.1 Å². The molecular formula is C51H32N2OS. The Morgan fingerprint density at radius 2 is 1.02 bits per heavy atom. The van der Waals surface area contributed by atoms with Gasteiger partial charge in [0.1, 0.15) is 10.6 Å². The van der Waals surface area contributed by atoms with Crippen LogP contribution in [-0.2, 0) is 0 Å². The second-order valence-corrected chi connectivity index (χ2v) is 15.0. The van der Waals surface area contributed by atoms with Gasteiger partial charge in [0.05, 0.1) is 15.9 Å². The van der Waals surface area contributed by atoms with E-state index < -0.39 is 0 Å². The Bertz CT molecular complexity index is 3160. The number of hydrogen-bond donors (Lipinski definition) is 0. The predicted molar refractivity (Wildman–Crippen MR) is 233 cm³/mol. The van der Waals surface area contributed by atoms with Gasteiger partial charge >= 0.3 is 0 Å². The number of rotatable bonds is 6. The Labute approximate surface area is 322 Å². The molecule has 4 heteroatoms. The van der Waals surface area contributed by atoms with Crippen LogP contribution < -0.4 is 4.90 Å². The molecule has 258 valence electrons. The van der Waals surface area contributed by atoms with Gasteiger partial charge in [0.25, 0.3) is 0 Å². The average molecular weight is 721 g/mol. The molecule has 0 atom stereocenters. The van der Waals surface area contributed by atoms with Crippen molar-refractivity contribution < 1.29 is 4.42 Å². The maximum Gasteiger partial charge on any atom is 0.159 e. The van der Waals surface area contributed by atoms with Crippen LogP contribution in [0.2, 0.25) is 0 Å². The largest absolute Gasteiger partial charge is 0.453 e. The molecule has 0 fully saturated rings. The van der Waals surface area contributed by atoms with Crippen LogP contribution in [0.4, 0.5) is 17.1 Å². The number of hydrogen-bond acceptors (Lipinski definition) is 4. The van der Waals surface area contributed by atoms with Gasteiger partial charge in [0.2, 0.25) is 0 Å². The van der Waals surface area contributed by atoms with Gasteiger partial charge in [-0.25, -0.2) is 4.98 Å². The molecule has 0 saturated carbocycles. The van der Waals surface area contributed by atoms with Crippen molar-refractivity contribution in [3.05, 3.63) is 194 Å². The summed E-state index contributed by atoms with van der Waals surface area (Å²) < 4.78 is 8.23. The summed E-state index contributed by atoms with van der Waals surface area (Å²) in [4.78, 5) is 7.28. The third-order valence-corrected chi connectivity index (χ3v) is 11.8. The molecule has 0 bridgehead atoms. The number of para-hydroxylation sites is 2. The highest BCUT2D eigenvalue weighted by molar-refractivity contribution is 7.21. The van der Waals surface area contributed by atoms with Crippen LogP contribution in [-0.4, -0.2) is 4.98 Å². The fourth-order valence-electron chi connectivity index (χ4n) is 7.90. The number of aromatic nitrogens is 1. The first kappa shape index (κ1) is 31.5. The molecule has 0 radical (unpaired) electrons. The lowest BCUT2D eigenvalue weighted by Crippen LogP contribution is -2.10. The number of anilines is 3. The second kappa shape index (κ2) is 12.8. The zero-order valence-electron chi connectivity index (χ0n) is 29.7. The zero-order valence-corrected chi connectivity index (χ0v) is 30.5. The van der Waals surface area contributed by atoms with E-state index in [0.717, 1.165) is 65.9 Å². The number of thiazole rings is 1. The fourth-order valence-corrected chi connectivity index (χ4v) is 8.86. The van der Waals surface area contributed by atoms with E-state index in [-0.39, 0.29) is 0 Å². The molecule has 0 aliphatic carbocycles. The summed E-state index contributed by atoms with van der Waals surface area (Å²) in [5.74, 6) is 0. The van der Waals surface area contributed by atoms with Crippen molar-refractivity contribution in [2.24, 2.45) is 0 Å². The number of benzene rings is 9. The molecule has 0 saturated heterocycles. The van der Waals surface area contributed by atoms with Gasteiger partial charge in [0, 0.05) is 33.1 Å². The van der Waals surface area contributed by atoms with E-state index in [0.29, 0.717) is 0 Å². The van der Waals surface area contributed by atoms with E-state index in [1.165, 1.54) is 37.7 Å². The van der Waals surface area contributed by atoms with E-state index in [1.54, 1.807) is 11.3 Å². The Morgan fingerprint density at radius 3 is 1.82 bits per heavy atom. The van der Waals surface area contributed by atoms with Crippen LogP contribution in [0.1, 0.15) is 0 Å². The van der Waals surface area contributed by atoms with Gasteiger partial charge in [-0.2, -0.15) is 0 Å². The highest BCUT2D eigenvalue weighted by Gasteiger charge is 2.21. The second-order valence-electron chi connectivity index (χ2n) is 14.0. The lowest BCUT2D eigenvalue weighted by molar-refractivity contribution is 0.673. The summed E-state index contributed by atoms with van der Waals surface area (Å²) in [5, 5.41) is 7.88. The number of furan rings is 1. The van der Waals surface area contributed by atoms with Crippen molar-refractivity contribution in [2.45, 2.75) is 0 Å². The average Bonchev–Trinajstić information content (AvgIpc) is 3.87. The van der Waals surface area contributed by atoms with E-state index >= 15 is 0 Å². The first-order chi connectivity index (χ1) is 27.2. The van der Waals surface area contributed by atoms with E-state index in [1.807, 2.05) is 6.07 Å². The smallest absolute Gasteiger partial charge is 0.159 e. The molecule has 0 spiro atoms. The molecule has 11 aromatic rings. The summed E-state index contributed by atoms with van der Waals surface area (Å²) in [5.41, 5.74) is 11.7. The van der Waals surface area contributed by atoms with Gasteiger partial charge < -0.3 is 9.32 Å². The van der Waals surface area contributed by atoms with Crippen molar-refractivity contribution in [3.8, 4) is 32.8 Å². The molecule has 0 unspecified atom stereocenters. The Balaban J connectivity index is 1.07. The summed E-state index contributed by atoms with van der Waals surface area (Å²) in [6, 6.07) is 69.2. The Hall–Kier alpha value is -7.01. The van der Waals surface area contributed by atoms with Gasteiger partial charge in [-0.1, -0.05) is 133 Å². The fraction of sp³-hybridized carbons (Fsp3) is 0. The summed E-state index contributed by atoms with van der Waals surface area (Å²) in [6.45, 7) is 0. The van der Waals surface area contributed by atoms with Crippen LogP contribution in [0.5, 0.6) is 0 Å². The third kappa shape index (κ3) is 5.46. The minimum absolute atomic E-state index is 0.848. The minimum atomic E-state index is 0.848. The summed E-state index contributed by atoms with van der Waals surface area (Å²) in [7, 11) is 0. The van der Waals surface area contributed by atoms with E-state index in [4.69, 9.17) is 9.40 Å². The first-order valence-corrected chi connectivity index (χ1v) is 19.3. The van der Waals surface area contributed by atoms with Crippen LogP contribution in [0, 0.1) is 0 Å². The third-order valence-electron chi connectivity index (χ3n) is 10.7. The molecule has 55 heavy (non-hydrogen) atoms. The lowest BCUT2D eigenvalue weighted by Gasteiger charge is -2.26. The maximum absolute atomic E-state index is 7.04. The monoisotopic (exact) mass is 720 g/mol. The molecule has 9 aromatic carbocycles. The normalized spacial score (nSPS) is 11.6. The minimum Gasteiger partial charge on any atom is -0.453 e. The lowest BCUT2D eigenvalue weighted by atomic mass is 10.0. The Morgan fingerprint density at radius 1 is 0.400 bits per heavy atom. The summed E-state index contributed by atoms with van der Waals surface area (Å²) >= 11 is 1.72. The molecule has 0 amide bonds. The zero-order chi connectivity index (χ0) is 36.3. The van der Waals surface area contributed by atoms with Crippen molar-refractivity contribution in [3.63, 3.8) is 0 Å². The maximum atomic E-state index is 7.04. The topological polar surface area (TPSA) is 29.3 Å². The molecule has 3 nitrogen and oxygen atoms in total. The standard InChI is InChI=1S/C51H32N2OS/c1-2-9-33(10-3-1)35-21-26-41(27-22-35)53(42-28-23-36(24-29-42)39-19-17-34-11-4-5-12-38(34)31-39)47-15-8-13-43-44-30-25-37-18-20-40(32-45(37)49(44)54-50(43)47)51-52-46-14-6-7-16-48(46)55-51/h1-32H. The molecular weight excluding hydrogens is 689 g/mol. The number of fused-ring (bicyclic) bond motifs is 7. The van der Waals surface area contributed by atoms with Crippen LogP contribution in [0.3, 0.4) is 0 Å². The molecule has 2 heterocycles. The molecule has 2 aromatic heterocycles. The van der Waals surface area contributed by atoms with Gasteiger partial charge in [0.15, 0.2) is 5.58 Å². The first-order valence-electron chi connectivity index (χ1n) is 18.5. The summed E-state index contributed by atoms with van der Waals surface area (Å²) in [6.07, 6.45) is 0. The van der Waals surface area contributed by atoms with E-state index in [2.05, 4.69) is 193 Å². The molecule has 0 aliphatic heterocycles. The SMILES string of the molecule is c1ccc(-c2ccc(N(c3ccc(-c4ccc5ccccc5c4)cc3)c3cccc4c3oc3c5cc(-c6nc7ccccc7s6)ccc5ccc43)cc2)cc1. The molecule has 0 aliphatic rings. The van der Waals surface area contributed by atoms with Crippen LogP contribution in [0.15, 0.2) is 199 Å². The van der Waals surface area contributed by atoms with E-state index in [9.17, 15) is 0 Å². The van der Waals surface area contributed by atoms with Crippen LogP contribution >= 0.6 is 11.3 Å². The van der Waals surface area contributed by atoms with Crippen LogP contribution in [0.25, 0.3) is 86.5 Å². The van der Waals surface area contributed by atoms with Crippen molar-refractivity contribution in [1.82, 2.24) is 4.98 Å². The predicted octanol–water partition coefficient (Wildman–Crippen LogP) is 15.0. The highest BCUT2D eigenvalue weighted by atomic mass is 32.1. The van der Waals surface area contributed by atoms with Gasteiger partial charge in [-0.15, -0.1) is 11.3 Å². The molecule has 11 rings (SSSR count). The van der Waals surface area contributed by atoms with Crippen molar-refractivity contribution in [2.75, 3.05) is 4.90 Å². The molecule has 0 N–H and O–H groups in total. The van der Waals surface area contributed by atoms with Crippen molar-refractivity contribution >= 4 is 82.1 Å².